The van der Waals surface area contributed by atoms with Crippen molar-refractivity contribution in [2.24, 2.45) is 0 Å². The summed E-state index contributed by atoms with van der Waals surface area (Å²) in [4.78, 5) is 2.42. The Morgan fingerprint density at radius 2 is 0.782 bits per heavy atom. The molecule has 0 aliphatic rings. The standard InChI is InChI=1S/C54H37N/c1-2-14-38(15-3-1)42-19-12-20-43(34-42)40-30-32-47(33-31-40)55(48-22-13-21-44(36-48)45-29-28-39-16-4-5-17-41(39)35-45)54-27-11-10-26-52(54)53-37-46-18-6-7-23-49(46)50-24-8-9-25-51(50)53/h1-37H. The number of rotatable bonds is 7. The van der Waals surface area contributed by atoms with Crippen LogP contribution in [0.1, 0.15) is 0 Å². The highest BCUT2D eigenvalue weighted by molar-refractivity contribution is 6.15. The van der Waals surface area contributed by atoms with Crippen molar-refractivity contribution in [3.63, 3.8) is 0 Å². The van der Waals surface area contributed by atoms with E-state index in [0.717, 1.165) is 17.1 Å². The molecule has 1 heteroatoms. The Labute approximate surface area is 322 Å². The molecule has 10 rings (SSSR count). The van der Waals surface area contributed by atoms with Crippen LogP contribution in [0.3, 0.4) is 0 Å². The van der Waals surface area contributed by atoms with E-state index in [0.29, 0.717) is 0 Å². The van der Waals surface area contributed by atoms with E-state index in [1.165, 1.54) is 76.8 Å². The second-order valence-corrected chi connectivity index (χ2v) is 14.1. The summed E-state index contributed by atoms with van der Waals surface area (Å²) in [5, 5.41) is 7.49. The molecule has 0 saturated carbocycles. The van der Waals surface area contributed by atoms with Crippen molar-refractivity contribution in [1.82, 2.24) is 0 Å². The van der Waals surface area contributed by atoms with Crippen LogP contribution in [0.2, 0.25) is 0 Å². The van der Waals surface area contributed by atoms with Crippen molar-refractivity contribution in [2.45, 2.75) is 0 Å². The largest absolute Gasteiger partial charge is 0.310 e. The quantitative estimate of drug-likeness (QED) is 0.150. The minimum atomic E-state index is 1.09. The van der Waals surface area contributed by atoms with Gasteiger partial charge in [0.1, 0.15) is 0 Å². The first-order valence-corrected chi connectivity index (χ1v) is 18.9. The Morgan fingerprint density at radius 1 is 0.236 bits per heavy atom. The van der Waals surface area contributed by atoms with Crippen LogP contribution in [0, 0.1) is 0 Å². The van der Waals surface area contributed by atoms with Gasteiger partial charge in [0, 0.05) is 16.9 Å². The van der Waals surface area contributed by atoms with Gasteiger partial charge in [0.25, 0.3) is 0 Å². The van der Waals surface area contributed by atoms with Crippen LogP contribution < -0.4 is 4.90 Å². The monoisotopic (exact) mass is 699 g/mol. The van der Waals surface area contributed by atoms with Crippen molar-refractivity contribution in [3.8, 4) is 44.5 Å². The van der Waals surface area contributed by atoms with Crippen LogP contribution in [-0.2, 0) is 0 Å². The maximum atomic E-state index is 2.42. The van der Waals surface area contributed by atoms with Crippen molar-refractivity contribution >= 4 is 49.4 Å². The van der Waals surface area contributed by atoms with Crippen LogP contribution in [0.4, 0.5) is 17.1 Å². The fourth-order valence-corrected chi connectivity index (χ4v) is 8.11. The summed E-state index contributed by atoms with van der Waals surface area (Å²) >= 11 is 0. The average Bonchev–Trinajstić information content (AvgIpc) is 3.27. The van der Waals surface area contributed by atoms with E-state index < -0.39 is 0 Å². The topological polar surface area (TPSA) is 3.24 Å². The highest BCUT2D eigenvalue weighted by Gasteiger charge is 2.20. The third-order valence-electron chi connectivity index (χ3n) is 10.8. The van der Waals surface area contributed by atoms with Gasteiger partial charge in [-0.2, -0.15) is 0 Å². The lowest BCUT2D eigenvalue weighted by atomic mass is 9.92. The van der Waals surface area contributed by atoms with Gasteiger partial charge >= 0.3 is 0 Å². The fraction of sp³-hybridized carbons (Fsp3) is 0. The summed E-state index contributed by atoms with van der Waals surface area (Å²) in [5.41, 5.74) is 12.9. The molecule has 55 heavy (non-hydrogen) atoms. The van der Waals surface area contributed by atoms with Crippen LogP contribution >= 0.6 is 0 Å². The molecule has 0 saturated heterocycles. The maximum Gasteiger partial charge on any atom is 0.0540 e. The van der Waals surface area contributed by atoms with Gasteiger partial charge in [0.15, 0.2) is 0 Å². The SMILES string of the molecule is c1ccc(-c2cccc(-c3ccc(N(c4cccc(-c5ccc6ccccc6c5)c4)c4ccccc4-c4cc5ccccc5c5ccccc45)cc3)c2)cc1. The molecule has 0 aliphatic carbocycles. The van der Waals surface area contributed by atoms with Gasteiger partial charge in [0.05, 0.1) is 5.69 Å². The van der Waals surface area contributed by atoms with E-state index >= 15 is 0 Å². The van der Waals surface area contributed by atoms with Gasteiger partial charge in [-0.3, -0.25) is 0 Å². The van der Waals surface area contributed by atoms with Crippen molar-refractivity contribution in [3.05, 3.63) is 224 Å². The molecule has 0 heterocycles. The van der Waals surface area contributed by atoms with Gasteiger partial charge < -0.3 is 4.90 Å². The molecule has 0 radical (unpaired) electrons. The zero-order valence-corrected chi connectivity index (χ0v) is 30.3. The molecule has 10 aromatic carbocycles. The van der Waals surface area contributed by atoms with E-state index in [2.05, 4.69) is 229 Å². The Bertz CT molecular complexity index is 2980. The summed E-state index contributed by atoms with van der Waals surface area (Å²) < 4.78 is 0. The molecule has 1 nitrogen and oxygen atoms in total. The smallest absolute Gasteiger partial charge is 0.0540 e. The van der Waals surface area contributed by atoms with Gasteiger partial charge in [-0.15, -0.1) is 0 Å². The van der Waals surface area contributed by atoms with Gasteiger partial charge in [-0.25, -0.2) is 0 Å². The fourth-order valence-electron chi connectivity index (χ4n) is 8.11. The van der Waals surface area contributed by atoms with Crippen molar-refractivity contribution in [2.75, 3.05) is 4.90 Å². The molecule has 0 spiro atoms. The normalized spacial score (nSPS) is 11.3. The maximum absolute atomic E-state index is 2.42. The Balaban J connectivity index is 1.14. The van der Waals surface area contributed by atoms with E-state index in [1.54, 1.807) is 0 Å². The van der Waals surface area contributed by atoms with Crippen LogP contribution in [-0.4, -0.2) is 0 Å². The van der Waals surface area contributed by atoms with Gasteiger partial charge in [-0.1, -0.05) is 176 Å². The van der Waals surface area contributed by atoms with E-state index in [1.807, 2.05) is 0 Å². The van der Waals surface area contributed by atoms with Crippen molar-refractivity contribution in [1.29, 1.82) is 0 Å². The Hall–Kier alpha value is -7.22. The third kappa shape index (κ3) is 6.12. The molecular weight excluding hydrogens is 663 g/mol. The predicted octanol–water partition coefficient (Wildman–Crippen LogP) is 15.3. The summed E-state index contributed by atoms with van der Waals surface area (Å²) in [6, 6.07) is 81.5. The van der Waals surface area contributed by atoms with Crippen LogP contribution in [0.15, 0.2) is 224 Å². The van der Waals surface area contributed by atoms with Gasteiger partial charge in [0.2, 0.25) is 0 Å². The lowest BCUT2D eigenvalue weighted by Gasteiger charge is -2.29. The van der Waals surface area contributed by atoms with Crippen LogP contribution in [0.25, 0.3) is 76.8 Å². The summed E-state index contributed by atoms with van der Waals surface area (Å²) in [6.45, 7) is 0. The highest BCUT2D eigenvalue weighted by atomic mass is 15.1. The highest BCUT2D eigenvalue weighted by Crippen LogP contribution is 2.45. The molecule has 0 unspecified atom stereocenters. The number of hydrogen-bond acceptors (Lipinski definition) is 1. The molecule has 0 bridgehead atoms. The summed E-state index contributed by atoms with van der Waals surface area (Å²) in [7, 11) is 0. The number of para-hydroxylation sites is 1. The number of nitrogens with zero attached hydrogens (tertiary/aromatic N) is 1. The third-order valence-corrected chi connectivity index (χ3v) is 10.8. The minimum Gasteiger partial charge on any atom is -0.310 e. The number of anilines is 3. The summed E-state index contributed by atoms with van der Waals surface area (Å²) in [5.74, 6) is 0. The Morgan fingerprint density at radius 3 is 1.58 bits per heavy atom. The molecule has 0 N–H and O–H groups in total. The van der Waals surface area contributed by atoms with Crippen LogP contribution in [0.5, 0.6) is 0 Å². The first kappa shape index (κ1) is 32.4. The van der Waals surface area contributed by atoms with Crippen molar-refractivity contribution < 1.29 is 0 Å². The van der Waals surface area contributed by atoms with E-state index in [4.69, 9.17) is 0 Å². The zero-order valence-electron chi connectivity index (χ0n) is 30.3. The molecule has 0 fully saturated rings. The van der Waals surface area contributed by atoms with Gasteiger partial charge in [-0.05, 0) is 120 Å². The van der Waals surface area contributed by atoms with E-state index in [9.17, 15) is 0 Å². The summed E-state index contributed by atoms with van der Waals surface area (Å²) in [6.07, 6.45) is 0. The predicted molar refractivity (Wildman–Crippen MR) is 235 cm³/mol. The minimum absolute atomic E-state index is 1.09. The first-order valence-electron chi connectivity index (χ1n) is 18.9. The number of hydrogen-bond donors (Lipinski definition) is 0. The molecule has 0 aromatic heterocycles. The zero-order chi connectivity index (χ0) is 36.6. The number of fused-ring (bicyclic) bond motifs is 4. The second-order valence-electron chi connectivity index (χ2n) is 14.1. The average molecular weight is 700 g/mol. The molecule has 0 atom stereocenters. The van der Waals surface area contributed by atoms with E-state index in [-0.39, 0.29) is 0 Å². The first-order chi connectivity index (χ1) is 27.3. The second kappa shape index (κ2) is 14.0. The molecular formula is C54H37N. The Kier molecular flexibility index (Phi) is 8.24. The molecule has 0 amide bonds. The number of benzene rings is 10. The lowest BCUT2D eigenvalue weighted by molar-refractivity contribution is 1.28. The molecule has 0 aliphatic heterocycles. The molecule has 258 valence electrons. The molecule has 10 aromatic rings. The lowest BCUT2D eigenvalue weighted by Crippen LogP contribution is -2.11.